The lowest BCUT2D eigenvalue weighted by Crippen LogP contribution is -2.34. The Hall–Kier alpha value is -2.66. The molecule has 1 aliphatic heterocycles. The van der Waals surface area contributed by atoms with E-state index in [9.17, 15) is 0 Å². The van der Waals surface area contributed by atoms with Gasteiger partial charge in [-0.2, -0.15) is 5.10 Å². The molecule has 1 aromatic carbocycles. The molecule has 3 heterocycles. The van der Waals surface area contributed by atoms with Gasteiger partial charge in [-0.05, 0) is 55.3 Å². The fourth-order valence-electron chi connectivity index (χ4n) is 3.58. The van der Waals surface area contributed by atoms with Gasteiger partial charge >= 0.3 is 0 Å². The third-order valence-corrected chi connectivity index (χ3v) is 4.89. The third-order valence-electron chi connectivity index (χ3n) is 4.89. The van der Waals surface area contributed by atoms with Gasteiger partial charge in [-0.25, -0.2) is 0 Å². The van der Waals surface area contributed by atoms with Gasteiger partial charge in [0.05, 0.1) is 5.69 Å². The summed E-state index contributed by atoms with van der Waals surface area (Å²) in [6.07, 6.45) is 6.09. The minimum absolute atomic E-state index is 0.496. The molecule has 0 bridgehead atoms. The van der Waals surface area contributed by atoms with Crippen molar-refractivity contribution in [1.82, 2.24) is 20.1 Å². The van der Waals surface area contributed by atoms with Gasteiger partial charge in [0.1, 0.15) is 12.4 Å². The molecule has 1 aliphatic rings. The highest BCUT2D eigenvalue weighted by Gasteiger charge is 2.22. The van der Waals surface area contributed by atoms with E-state index in [1.807, 2.05) is 30.5 Å². The first-order valence-electron chi connectivity index (χ1n) is 9.20. The number of hydrogen-bond donors (Lipinski definition) is 1. The molecule has 26 heavy (non-hydrogen) atoms. The first-order valence-corrected chi connectivity index (χ1v) is 9.20. The van der Waals surface area contributed by atoms with Gasteiger partial charge in [0.15, 0.2) is 0 Å². The molecule has 0 saturated carbocycles. The Labute approximate surface area is 154 Å². The van der Waals surface area contributed by atoms with Crippen molar-refractivity contribution in [2.24, 2.45) is 0 Å². The topological polar surface area (TPSA) is 54.0 Å². The maximum Gasteiger partial charge on any atom is 0.130 e. The summed E-state index contributed by atoms with van der Waals surface area (Å²) in [5, 5.41) is 7.23. The Morgan fingerprint density at radius 2 is 2.12 bits per heavy atom. The van der Waals surface area contributed by atoms with E-state index >= 15 is 0 Å². The average molecular weight is 348 g/mol. The molecule has 1 N–H and O–H groups in total. The van der Waals surface area contributed by atoms with E-state index in [1.54, 1.807) is 6.20 Å². The molecule has 2 aromatic heterocycles. The number of rotatable bonds is 6. The van der Waals surface area contributed by atoms with Crippen LogP contribution < -0.4 is 4.74 Å². The van der Waals surface area contributed by atoms with Crippen molar-refractivity contribution in [3.8, 4) is 5.75 Å². The van der Waals surface area contributed by atoms with Crippen LogP contribution in [0.4, 0.5) is 0 Å². The normalized spacial score (nSPS) is 17.9. The number of hydrogen-bond acceptors (Lipinski definition) is 4. The molecule has 0 radical (unpaired) electrons. The molecule has 0 spiro atoms. The van der Waals surface area contributed by atoms with Gasteiger partial charge < -0.3 is 4.74 Å². The van der Waals surface area contributed by atoms with E-state index in [4.69, 9.17) is 4.74 Å². The van der Waals surface area contributed by atoms with Crippen LogP contribution in [0, 0.1) is 0 Å². The second kappa shape index (κ2) is 8.15. The molecule has 0 aliphatic carbocycles. The SMILES string of the molecule is c1ccc(COc2cccc(CN3CCCC(c4ccn[nH]4)C3)c2)nc1. The highest BCUT2D eigenvalue weighted by Crippen LogP contribution is 2.26. The summed E-state index contributed by atoms with van der Waals surface area (Å²) in [6.45, 7) is 3.66. The predicted octanol–water partition coefficient (Wildman–Crippen LogP) is 3.76. The van der Waals surface area contributed by atoms with Gasteiger partial charge in [0.25, 0.3) is 0 Å². The summed E-state index contributed by atoms with van der Waals surface area (Å²) in [5.41, 5.74) is 3.48. The monoisotopic (exact) mass is 348 g/mol. The molecule has 1 unspecified atom stereocenters. The zero-order valence-electron chi connectivity index (χ0n) is 14.8. The number of benzene rings is 1. The summed E-state index contributed by atoms with van der Waals surface area (Å²) in [7, 11) is 0. The van der Waals surface area contributed by atoms with Crippen molar-refractivity contribution in [3.63, 3.8) is 0 Å². The smallest absolute Gasteiger partial charge is 0.130 e. The molecule has 1 atom stereocenters. The van der Waals surface area contributed by atoms with E-state index < -0.39 is 0 Å². The minimum atomic E-state index is 0.496. The Bertz CT molecular complexity index is 804. The summed E-state index contributed by atoms with van der Waals surface area (Å²) in [4.78, 5) is 6.82. The van der Waals surface area contributed by atoms with Crippen LogP contribution in [0.15, 0.2) is 60.9 Å². The first kappa shape index (κ1) is 16.8. The molecule has 134 valence electrons. The highest BCUT2D eigenvalue weighted by molar-refractivity contribution is 5.28. The highest BCUT2D eigenvalue weighted by atomic mass is 16.5. The maximum absolute atomic E-state index is 5.91. The van der Waals surface area contributed by atoms with Crippen LogP contribution in [0.5, 0.6) is 5.75 Å². The van der Waals surface area contributed by atoms with Gasteiger partial charge in [-0.3, -0.25) is 15.0 Å². The van der Waals surface area contributed by atoms with Crippen LogP contribution >= 0.6 is 0 Å². The first-order chi connectivity index (χ1) is 12.9. The zero-order chi connectivity index (χ0) is 17.6. The van der Waals surface area contributed by atoms with Crippen LogP contribution in [-0.2, 0) is 13.2 Å². The molecule has 0 amide bonds. The number of H-pyrrole nitrogens is 1. The number of aromatic amines is 1. The number of piperidine rings is 1. The van der Waals surface area contributed by atoms with Crippen LogP contribution in [0.1, 0.15) is 35.7 Å². The summed E-state index contributed by atoms with van der Waals surface area (Å²) >= 11 is 0. The van der Waals surface area contributed by atoms with Gasteiger partial charge in [0.2, 0.25) is 0 Å². The van der Waals surface area contributed by atoms with Crippen LogP contribution in [-0.4, -0.2) is 33.2 Å². The van der Waals surface area contributed by atoms with Crippen molar-refractivity contribution in [2.45, 2.75) is 31.9 Å². The number of aromatic nitrogens is 3. The summed E-state index contributed by atoms with van der Waals surface area (Å²) in [5.74, 6) is 1.45. The van der Waals surface area contributed by atoms with E-state index in [0.29, 0.717) is 12.5 Å². The molecular formula is C21H24N4O. The summed E-state index contributed by atoms with van der Waals surface area (Å²) < 4.78 is 5.91. The van der Waals surface area contributed by atoms with Gasteiger partial charge in [0, 0.05) is 37.1 Å². The van der Waals surface area contributed by atoms with Crippen LogP contribution in [0.25, 0.3) is 0 Å². The van der Waals surface area contributed by atoms with Crippen molar-refractivity contribution in [1.29, 1.82) is 0 Å². The Morgan fingerprint density at radius 3 is 2.96 bits per heavy atom. The number of nitrogens with zero attached hydrogens (tertiary/aromatic N) is 3. The fourth-order valence-corrected chi connectivity index (χ4v) is 3.58. The largest absolute Gasteiger partial charge is 0.487 e. The lowest BCUT2D eigenvalue weighted by molar-refractivity contribution is 0.198. The fraction of sp³-hybridized carbons (Fsp3) is 0.333. The third kappa shape index (κ3) is 4.29. The Balaban J connectivity index is 1.36. The molecule has 1 saturated heterocycles. The minimum Gasteiger partial charge on any atom is -0.487 e. The number of pyridine rings is 1. The number of nitrogens with one attached hydrogen (secondary N) is 1. The summed E-state index contributed by atoms with van der Waals surface area (Å²) in [6, 6.07) is 16.4. The zero-order valence-corrected chi connectivity index (χ0v) is 14.8. The average Bonchev–Trinajstić information content (AvgIpc) is 3.23. The number of likely N-dealkylation sites (tertiary alicyclic amines) is 1. The van der Waals surface area contributed by atoms with E-state index in [0.717, 1.165) is 31.1 Å². The molecular weight excluding hydrogens is 324 g/mol. The lowest BCUT2D eigenvalue weighted by atomic mass is 9.94. The van der Waals surface area contributed by atoms with Crippen LogP contribution in [0.3, 0.4) is 0 Å². The van der Waals surface area contributed by atoms with Crippen molar-refractivity contribution in [3.05, 3.63) is 77.9 Å². The predicted molar refractivity (Wildman–Crippen MR) is 101 cm³/mol. The molecule has 4 rings (SSSR count). The molecule has 5 heteroatoms. The standard InChI is InChI=1S/C21H24N4O/c1-2-10-22-19(7-1)16-26-20-8-3-5-17(13-20)14-25-12-4-6-18(15-25)21-9-11-23-24-21/h1-3,5,7-11,13,18H,4,6,12,14-16H2,(H,23,24). The Morgan fingerprint density at radius 1 is 1.12 bits per heavy atom. The molecule has 1 fully saturated rings. The maximum atomic E-state index is 5.91. The van der Waals surface area contributed by atoms with E-state index in [1.165, 1.54) is 24.1 Å². The van der Waals surface area contributed by atoms with Crippen molar-refractivity contribution < 1.29 is 4.74 Å². The number of ether oxygens (including phenoxy) is 1. The lowest BCUT2D eigenvalue weighted by Gasteiger charge is -2.32. The van der Waals surface area contributed by atoms with Crippen molar-refractivity contribution in [2.75, 3.05) is 13.1 Å². The Kier molecular flexibility index (Phi) is 5.26. The van der Waals surface area contributed by atoms with E-state index in [-0.39, 0.29) is 0 Å². The second-order valence-electron chi connectivity index (χ2n) is 6.84. The molecule has 5 nitrogen and oxygen atoms in total. The van der Waals surface area contributed by atoms with Gasteiger partial charge in [-0.1, -0.05) is 18.2 Å². The van der Waals surface area contributed by atoms with E-state index in [2.05, 4.69) is 44.3 Å². The second-order valence-corrected chi connectivity index (χ2v) is 6.84. The van der Waals surface area contributed by atoms with Gasteiger partial charge in [-0.15, -0.1) is 0 Å². The van der Waals surface area contributed by atoms with Crippen LogP contribution in [0.2, 0.25) is 0 Å². The quantitative estimate of drug-likeness (QED) is 0.737. The van der Waals surface area contributed by atoms with Crippen molar-refractivity contribution >= 4 is 0 Å². The molecule has 3 aromatic rings.